The van der Waals surface area contributed by atoms with Crippen molar-refractivity contribution in [3.63, 3.8) is 0 Å². The SMILES string of the molecule is CC(C)(O)c1ccc(Nc2cc(N3CCC[C@@H](C(=O)O)C3)n3nccc3n2)cc1. The zero-order valence-electron chi connectivity index (χ0n) is 16.5. The summed E-state index contributed by atoms with van der Waals surface area (Å²) >= 11 is 0. The van der Waals surface area contributed by atoms with Gasteiger partial charge in [0.1, 0.15) is 11.6 Å². The van der Waals surface area contributed by atoms with Crippen LogP contribution in [0.5, 0.6) is 0 Å². The Morgan fingerprint density at radius 2 is 2.00 bits per heavy atom. The maximum atomic E-state index is 11.5. The van der Waals surface area contributed by atoms with Gasteiger partial charge in [0.25, 0.3) is 0 Å². The molecule has 0 aliphatic carbocycles. The molecule has 1 saturated heterocycles. The highest BCUT2D eigenvalue weighted by Crippen LogP contribution is 2.28. The zero-order chi connectivity index (χ0) is 20.6. The van der Waals surface area contributed by atoms with Crippen LogP contribution in [-0.4, -0.2) is 43.9 Å². The molecule has 0 bridgehead atoms. The average molecular weight is 395 g/mol. The summed E-state index contributed by atoms with van der Waals surface area (Å²) < 4.78 is 1.74. The number of carboxylic acids is 1. The molecule has 1 aliphatic rings. The first-order chi connectivity index (χ1) is 13.8. The highest BCUT2D eigenvalue weighted by atomic mass is 16.4. The molecule has 1 fully saturated rings. The van der Waals surface area contributed by atoms with Crippen molar-refractivity contribution < 1.29 is 15.0 Å². The molecule has 1 aliphatic heterocycles. The molecule has 3 aromatic rings. The van der Waals surface area contributed by atoms with E-state index in [1.54, 1.807) is 24.6 Å². The molecular weight excluding hydrogens is 370 g/mol. The van der Waals surface area contributed by atoms with Crippen LogP contribution in [0.25, 0.3) is 5.65 Å². The number of carboxylic acid groups (broad SMARTS) is 1. The quantitative estimate of drug-likeness (QED) is 0.610. The van der Waals surface area contributed by atoms with Crippen LogP contribution < -0.4 is 10.2 Å². The van der Waals surface area contributed by atoms with E-state index in [-0.39, 0.29) is 5.92 Å². The Bertz CT molecular complexity index is 1020. The normalized spacial score (nSPS) is 17.5. The summed E-state index contributed by atoms with van der Waals surface area (Å²) in [6, 6.07) is 11.3. The van der Waals surface area contributed by atoms with E-state index >= 15 is 0 Å². The van der Waals surface area contributed by atoms with Crippen molar-refractivity contribution in [3.8, 4) is 0 Å². The van der Waals surface area contributed by atoms with Crippen LogP contribution in [0.1, 0.15) is 32.3 Å². The second-order valence-electron chi connectivity index (χ2n) is 7.99. The van der Waals surface area contributed by atoms with Crippen LogP contribution in [-0.2, 0) is 10.4 Å². The van der Waals surface area contributed by atoms with E-state index in [9.17, 15) is 15.0 Å². The minimum Gasteiger partial charge on any atom is -0.481 e. The Labute approximate surface area is 168 Å². The molecule has 0 radical (unpaired) electrons. The largest absolute Gasteiger partial charge is 0.481 e. The lowest BCUT2D eigenvalue weighted by molar-refractivity contribution is -0.141. The van der Waals surface area contributed by atoms with Crippen molar-refractivity contribution in [1.82, 2.24) is 14.6 Å². The number of nitrogens with one attached hydrogen (secondary N) is 1. The Hall–Kier alpha value is -3.13. The van der Waals surface area contributed by atoms with Crippen LogP contribution in [0.15, 0.2) is 42.6 Å². The number of aliphatic carboxylic acids is 1. The Kier molecular flexibility index (Phi) is 4.87. The number of benzene rings is 1. The standard InChI is InChI=1S/C21H25N5O3/c1-21(2,29)15-5-7-16(8-6-15)23-17-12-19(26-18(24-17)9-10-22-26)25-11-3-4-14(13-25)20(27)28/h5-10,12,14,29H,3-4,11,13H2,1-2H3,(H,23,24)(H,27,28)/t14-/m1/s1. The maximum absolute atomic E-state index is 11.5. The average Bonchev–Trinajstić information content (AvgIpc) is 3.16. The summed E-state index contributed by atoms with van der Waals surface area (Å²) in [7, 11) is 0. The molecule has 1 aromatic carbocycles. The van der Waals surface area contributed by atoms with Crippen LogP contribution in [0.4, 0.5) is 17.3 Å². The van der Waals surface area contributed by atoms with Crippen molar-refractivity contribution in [2.45, 2.75) is 32.3 Å². The fourth-order valence-corrected chi connectivity index (χ4v) is 3.68. The number of hydrogen-bond donors (Lipinski definition) is 3. The van der Waals surface area contributed by atoms with Gasteiger partial charge in [-0.1, -0.05) is 12.1 Å². The number of hydrogen-bond acceptors (Lipinski definition) is 6. The molecule has 3 N–H and O–H groups in total. The zero-order valence-corrected chi connectivity index (χ0v) is 16.5. The number of fused-ring (bicyclic) bond motifs is 1. The molecular formula is C21H25N5O3. The monoisotopic (exact) mass is 395 g/mol. The number of rotatable bonds is 5. The Morgan fingerprint density at radius 1 is 1.24 bits per heavy atom. The van der Waals surface area contributed by atoms with E-state index in [0.29, 0.717) is 24.4 Å². The summed E-state index contributed by atoms with van der Waals surface area (Å²) in [6.45, 7) is 4.73. The lowest BCUT2D eigenvalue weighted by Crippen LogP contribution is -2.39. The topological polar surface area (TPSA) is 103 Å². The Morgan fingerprint density at radius 3 is 2.69 bits per heavy atom. The molecule has 8 nitrogen and oxygen atoms in total. The lowest BCUT2D eigenvalue weighted by Gasteiger charge is -2.32. The van der Waals surface area contributed by atoms with Gasteiger partial charge in [0, 0.05) is 30.9 Å². The molecule has 8 heteroatoms. The van der Waals surface area contributed by atoms with Gasteiger partial charge in [0.2, 0.25) is 0 Å². The summed E-state index contributed by atoms with van der Waals surface area (Å²) in [5, 5.41) is 27.2. The summed E-state index contributed by atoms with van der Waals surface area (Å²) in [6.07, 6.45) is 3.20. The smallest absolute Gasteiger partial charge is 0.308 e. The number of anilines is 3. The van der Waals surface area contributed by atoms with E-state index in [2.05, 4.69) is 20.3 Å². The molecule has 0 unspecified atom stereocenters. The van der Waals surface area contributed by atoms with Crippen LogP contribution in [0.3, 0.4) is 0 Å². The summed E-state index contributed by atoms with van der Waals surface area (Å²) in [4.78, 5) is 18.1. The van der Waals surface area contributed by atoms with Crippen molar-refractivity contribution in [1.29, 1.82) is 0 Å². The van der Waals surface area contributed by atoms with Gasteiger partial charge in [-0.25, -0.2) is 4.98 Å². The van der Waals surface area contributed by atoms with Gasteiger partial charge in [0.05, 0.1) is 17.7 Å². The molecule has 3 heterocycles. The van der Waals surface area contributed by atoms with E-state index in [1.165, 1.54) is 0 Å². The number of carbonyl (C=O) groups is 1. The van der Waals surface area contributed by atoms with Gasteiger partial charge in [-0.3, -0.25) is 4.79 Å². The number of aromatic nitrogens is 3. The predicted molar refractivity (Wildman–Crippen MR) is 111 cm³/mol. The van der Waals surface area contributed by atoms with Gasteiger partial charge in [0.15, 0.2) is 5.65 Å². The van der Waals surface area contributed by atoms with Crippen LogP contribution >= 0.6 is 0 Å². The van der Waals surface area contributed by atoms with Crippen LogP contribution in [0, 0.1) is 5.92 Å². The molecule has 1 atom stereocenters. The van der Waals surface area contributed by atoms with Crippen molar-refractivity contribution in [2.75, 3.05) is 23.3 Å². The second-order valence-corrected chi connectivity index (χ2v) is 7.99. The number of piperidine rings is 1. The third-order valence-corrected chi connectivity index (χ3v) is 5.30. The molecule has 0 saturated carbocycles. The second kappa shape index (κ2) is 7.36. The molecule has 4 rings (SSSR count). The third-order valence-electron chi connectivity index (χ3n) is 5.30. The van der Waals surface area contributed by atoms with Crippen molar-refractivity contribution in [2.24, 2.45) is 5.92 Å². The predicted octanol–water partition coefficient (Wildman–Crippen LogP) is 3.00. The van der Waals surface area contributed by atoms with Crippen molar-refractivity contribution in [3.05, 3.63) is 48.2 Å². The van der Waals surface area contributed by atoms with Crippen LogP contribution in [0.2, 0.25) is 0 Å². The van der Waals surface area contributed by atoms with E-state index in [1.807, 2.05) is 36.4 Å². The third kappa shape index (κ3) is 4.02. The minimum atomic E-state index is -0.893. The maximum Gasteiger partial charge on any atom is 0.308 e. The van der Waals surface area contributed by atoms with Crippen molar-refractivity contribution >= 4 is 28.9 Å². The summed E-state index contributed by atoms with van der Waals surface area (Å²) in [5.74, 6) is 0.335. The Balaban J connectivity index is 1.63. The number of aliphatic hydroxyl groups is 1. The van der Waals surface area contributed by atoms with E-state index in [0.717, 1.165) is 30.0 Å². The van der Waals surface area contributed by atoms with Gasteiger partial charge in [-0.2, -0.15) is 9.61 Å². The number of nitrogens with zero attached hydrogens (tertiary/aromatic N) is 4. The van der Waals surface area contributed by atoms with Gasteiger partial charge in [-0.05, 0) is 44.4 Å². The summed E-state index contributed by atoms with van der Waals surface area (Å²) in [5.41, 5.74) is 1.48. The molecule has 152 valence electrons. The van der Waals surface area contributed by atoms with E-state index in [4.69, 9.17) is 0 Å². The highest BCUT2D eigenvalue weighted by Gasteiger charge is 2.27. The first-order valence-corrected chi connectivity index (χ1v) is 9.74. The molecule has 0 spiro atoms. The minimum absolute atomic E-state index is 0.381. The van der Waals surface area contributed by atoms with Gasteiger partial charge < -0.3 is 20.4 Å². The first kappa shape index (κ1) is 19.2. The molecule has 29 heavy (non-hydrogen) atoms. The molecule has 2 aromatic heterocycles. The van der Waals surface area contributed by atoms with Gasteiger partial charge >= 0.3 is 5.97 Å². The fourth-order valence-electron chi connectivity index (χ4n) is 3.68. The lowest BCUT2D eigenvalue weighted by atomic mass is 9.98. The molecule has 0 amide bonds. The highest BCUT2D eigenvalue weighted by molar-refractivity contribution is 5.72. The van der Waals surface area contributed by atoms with E-state index < -0.39 is 11.6 Å². The van der Waals surface area contributed by atoms with Gasteiger partial charge in [-0.15, -0.1) is 0 Å². The fraction of sp³-hybridized carbons (Fsp3) is 0.381. The first-order valence-electron chi connectivity index (χ1n) is 9.74.